The van der Waals surface area contributed by atoms with E-state index in [1.54, 1.807) is 26.0 Å². The van der Waals surface area contributed by atoms with Gasteiger partial charge in [0.15, 0.2) is 5.52 Å². The van der Waals surface area contributed by atoms with E-state index in [1.165, 1.54) is 23.5 Å². The number of carbonyl (C=O) groups excluding carboxylic acids is 1. The molecule has 6 nitrogen and oxygen atoms in total. The van der Waals surface area contributed by atoms with Crippen LogP contribution in [0.1, 0.15) is 36.2 Å². The van der Waals surface area contributed by atoms with Crippen LogP contribution in [0.4, 0.5) is 4.39 Å². The number of hydrogen-bond donors (Lipinski definition) is 1. The minimum atomic E-state index is -0.369. The molecule has 2 heterocycles. The summed E-state index contributed by atoms with van der Waals surface area (Å²) in [5.41, 5.74) is 1.44. The Morgan fingerprint density at radius 2 is 2.04 bits per heavy atom. The third-order valence-corrected chi connectivity index (χ3v) is 5.36. The number of aryl methyl sites for hydroxylation is 2. The zero-order valence-electron chi connectivity index (χ0n) is 14.7. The van der Waals surface area contributed by atoms with Crippen LogP contribution in [0, 0.1) is 12.7 Å². The van der Waals surface area contributed by atoms with Crippen LogP contribution in [0.2, 0.25) is 0 Å². The van der Waals surface area contributed by atoms with Gasteiger partial charge in [0.25, 0.3) is 5.56 Å². The highest BCUT2D eigenvalue weighted by molar-refractivity contribution is 7.18. The van der Waals surface area contributed by atoms with Gasteiger partial charge in [-0.15, -0.1) is 11.3 Å². The van der Waals surface area contributed by atoms with Crippen molar-refractivity contribution in [3.63, 3.8) is 0 Å². The van der Waals surface area contributed by atoms with Gasteiger partial charge in [0.1, 0.15) is 12.4 Å². The zero-order valence-corrected chi connectivity index (χ0v) is 15.6. The number of hydrogen-bond acceptors (Lipinski definition) is 5. The molecule has 0 saturated heterocycles. The molecule has 0 radical (unpaired) electrons. The summed E-state index contributed by atoms with van der Waals surface area (Å²) in [7, 11) is 0. The summed E-state index contributed by atoms with van der Waals surface area (Å²) >= 11 is 1.46. The van der Waals surface area contributed by atoms with Crippen molar-refractivity contribution >= 4 is 27.5 Å². The number of halogens is 1. The second kappa shape index (κ2) is 7.33. The van der Waals surface area contributed by atoms with Crippen molar-refractivity contribution in [2.75, 3.05) is 0 Å². The fourth-order valence-corrected chi connectivity index (χ4v) is 3.60. The average Bonchev–Trinajstić information content (AvgIpc) is 3.05. The molecule has 3 aromatic rings. The highest BCUT2D eigenvalue weighted by atomic mass is 32.1. The average molecular weight is 374 g/mol. The Kier molecular flexibility index (Phi) is 5.13. The van der Waals surface area contributed by atoms with Crippen LogP contribution in [0.15, 0.2) is 29.1 Å². The monoisotopic (exact) mass is 374 g/mol. The SMILES string of the molecule is CCc1nc2c(=O)n(CC(=O)N[C@H](C)c3ccc(F)cc3)nc(C)c2s1. The number of benzene rings is 1. The maximum atomic E-state index is 13.0. The lowest BCUT2D eigenvalue weighted by Gasteiger charge is -2.14. The molecular formula is C18H19FN4O2S. The predicted molar refractivity (Wildman–Crippen MR) is 98.7 cm³/mol. The van der Waals surface area contributed by atoms with Crippen molar-refractivity contribution in [2.45, 2.75) is 39.8 Å². The Hall–Kier alpha value is -2.61. The molecule has 0 aliphatic heterocycles. The van der Waals surface area contributed by atoms with Gasteiger partial charge in [0.2, 0.25) is 5.91 Å². The summed E-state index contributed by atoms with van der Waals surface area (Å²) in [5, 5.41) is 7.91. The molecule has 3 rings (SSSR count). The van der Waals surface area contributed by atoms with Gasteiger partial charge in [0.05, 0.1) is 21.4 Å². The Bertz CT molecular complexity index is 1010. The maximum Gasteiger partial charge on any atom is 0.294 e. The first-order valence-electron chi connectivity index (χ1n) is 8.31. The highest BCUT2D eigenvalue weighted by Gasteiger charge is 2.16. The lowest BCUT2D eigenvalue weighted by molar-refractivity contribution is -0.122. The minimum absolute atomic E-state index is 0.194. The lowest BCUT2D eigenvalue weighted by Crippen LogP contribution is -2.35. The van der Waals surface area contributed by atoms with E-state index in [1.807, 2.05) is 6.92 Å². The Morgan fingerprint density at radius 3 is 2.69 bits per heavy atom. The second-order valence-electron chi connectivity index (χ2n) is 6.03. The number of thiazole rings is 1. The molecule has 0 aliphatic rings. The van der Waals surface area contributed by atoms with Gasteiger partial charge in [-0.25, -0.2) is 14.1 Å². The van der Waals surface area contributed by atoms with Crippen LogP contribution in [0.3, 0.4) is 0 Å². The van der Waals surface area contributed by atoms with Crippen molar-refractivity contribution in [3.8, 4) is 0 Å². The van der Waals surface area contributed by atoms with Gasteiger partial charge in [-0.1, -0.05) is 19.1 Å². The first-order valence-corrected chi connectivity index (χ1v) is 9.12. The smallest absolute Gasteiger partial charge is 0.294 e. The number of rotatable bonds is 5. The molecule has 8 heteroatoms. The summed E-state index contributed by atoms with van der Waals surface area (Å²) in [4.78, 5) is 29.2. The molecule has 0 unspecified atom stereocenters. The molecule has 0 spiro atoms. The molecule has 1 aromatic carbocycles. The molecule has 1 atom stereocenters. The maximum absolute atomic E-state index is 13.0. The van der Waals surface area contributed by atoms with E-state index < -0.39 is 0 Å². The van der Waals surface area contributed by atoms with Gasteiger partial charge < -0.3 is 5.32 Å². The molecule has 136 valence electrons. The molecule has 2 aromatic heterocycles. The number of fused-ring (bicyclic) bond motifs is 1. The van der Waals surface area contributed by atoms with Crippen molar-refractivity contribution in [2.24, 2.45) is 0 Å². The molecule has 0 aliphatic carbocycles. The topological polar surface area (TPSA) is 76.9 Å². The van der Waals surface area contributed by atoms with Crippen LogP contribution in [-0.2, 0) is 17.8 Å². The molecule has 1 N–H and O–H groups in total. The summed E-state index contributed by atoms with van der Waals surface area (Å²) in [6.45, 7) is 5.38. The summed E-state index contributed by atoms with van der Waals surface area (Å²) in [6, 6.07) is 5.60. The minimum Gasteiger partial charge on any atom is -0.348 e. The van der Waals surface area contributed by atoms with E-state index in [9.17, 15) is 14.0 Å². The molecule has 1 amide bonds. The molecular weight excluding hydrogens is 355 g/mol. The van der Waals surface area contributed by atoms with Gasteiger partial charge in [-0.2, -0.15) is 5.10 Å². The number of amides is 1. The summed E-state index contributed by atoms with van der Waals surface area (Å²) in [5.74, 6) is -0.678. The van der Waals surface area contributed by atoms with E-state index in [2.05, 4.69) is 15.4 Å². The van der Waals surface area contributed by atoms with Crippen molar-refractivity contribution in [1.82, 2.24) is 20.1 Å². The molecule has 0 saturated carbocycles. The van der Waals surface area contributed by atoms with Crippen molar-refractivity contribution in [1.29, 1.82) is 0 Å². The van der Waals surface area contributed by atoms with Crippen molar-refractivity contribution in [3.05, 3.63) is 56.7 Å². The predicted octanol–water partition coefficient (Wildman–Crippen LogP) is 2.74. The number of carbonyl (C=O) groups is 1. The fraction of sp³-hybridized carbons (Fsp3) is 0.333. The fourth-order valence-electron chi connectivity index (χ4n) is 2.67. The Balaban J connectivity index is 1.79. The normalized spacial score (nSPS) is 12.3. The highest BCUT2D eigenvalue weighted by Crippen LogP contribution is 2.21. The Labute approximate surface area is 153 Å². The molecule has 26 heavy (non-hydrogen) atoms. The zero-order chi connectivity index (χ0) is 18.8. The largest absolute Gasteiger partial charge is 0.348 e. The first kappa shape index (κ1) is 18.2. The van der Waals surface area contributed by atoms with Gasteiger partial charge >= 0.3 is 0 Å². The number of aromatic nitrogens is 3. The van der Waals surface area contributed by atoms with E-state index in [-0.39, 0.29) is 29.9 Å². The van der Waals surface area contributed by atoms with Crippen LogP contribution in [-0.4, -0.2) is 20.7 Å². The van der Waals surface area contributed by atoms with Crippen LogP contribution in [0.5, 0.6) is 0 Å². The quantitative estimate of drug-likeness (QED) is 0.745. The number of nitrogens with one attached hydrogen (secondary N) is 1. The van der Waals surface area contributed by atoms with Crippen molar-refractivity contribution < 1.29 is 9.18 Å². The van der Waals surface area contributed by atoms with E-state index >= 15 is 0 Å². The van der Waals surface area contributed by atoms with Gasteiger partial charge in [0, 0.05) is 0 Å². The number of nitrogens with zero attached hydrogens (tertiary/aromatic N) is 3. The van der Waals surface area contributed by atoms with E-state index in [4.69, 9.17) is 0 Å². The van der Waals surface area contributed by atoms with Gasteiger partial charge in [-0.05, 0) is 38.0 Å². The standard InChI is InChI=1S/C18H19FN4O2S/c1-4-15-21-16-17(26-15)11(3)22-23(18(16)25)9-14(24)20-10(2)12-5-7-13(19)8-6-12/h5-8,10H,4,9H2,1-3H3,(H,20,24)/t10-/m1/s1. The Morgan fingerprint density at radius 1 is 1.35 bits per heavy atom. The van der Waals surface area contributed by atoms with Crippen LogP contribution in [0.25, 0.3) is 10.2 Å². The third kappa shape index (κ3) is 3.65. The second-order valence-corrected chi connectivity index (χ2v) is 7.11. The van der Waals surface area contributed by atoms with Crippen LogP contribution >= 0.6 is 11.3 Å². The molecule has 0 bridgehead atoms. The van der Waals surface area contributed by atoms with Gasteiger partial charge in [-0.3, -0.25) is 9.59 Å². The summed E-state index contributed by atoms with van der Waals surface area (Å²) < 4.78 is 14.9. The third-order valence-electron chi connectivity index (χ3n) is 4.05. The van der Waals surface area contributed by atoms with E-state index in [0.29, 0.717) is 11.2 Å². The van der Waals surface area contributed by atoms with E-state index in [0.717, 1.165) is 26.4 Å². The molecule has 0 fully saturated rings. The van der Waals surface area contributed by atoms with Crippen LogP contribution < -0.4 is 10.9 Å². The summed E-state index contributed by atoms with van der Waals surface area (Å²) in [6.07, 6.45) is 0.744. The first-order chi connectivity index (χ1) is 12.4. The lowest BCUT2D eigenvalue weighted by atomic mass is 10.1.